The number of hydrogen-bond donors (Lipinski definition) is 0. The monoisotopic (exact) mass is 487 g/mol. The van der Waals surface area contributed by atoms with Gasteiger partial charge in [-0.2, -0.15) is 0 Å². The molecule has 194 valence electrons. The highest BCUT2D eigenvalue weighted by Gasteiger charge is 2.37. The van der Waals surface area contributed by atoms with Gasteiger partial charge in [0, 0.05) is 63.4 Å². The van der Waals surface area contributed by atoms with E-state index in [0.29, 0.717) is 0 Å². The van der Waals surface area contributed by atoms with Crippen molar-refractivity contribution in [1.29, 1.82) is 0 Å². The van der Waals surface area contributed by atoms with Crippen LogP contribution in [0.5, 0.6) is 0 Å². The van der Waals surface area contributed by atoms with Crippen molar-refractivity contribution in [2.45, 2.75) is 47.1 Å². The average Bonchev–Trinajstić information content (AvgIpc) is 2.94. The second kappa shape index (κ2) is 12.8. The normalized spacial score (nSPS) is 11.4. The molecule has 0 unspecified atom stereocenters. The van der Waals surface area contributed by atoms with Gasteiger partial charge in [0.1, 0.15) is 5.60 Å². The SMILES string of the molecule is CCN(CC)c1ccc(C(OC)(c2ccc(N(CC)CC)cc2)c2ccc(N(CC)CC)cc2)cc1. The van der Waals surface area contributed by atoms with E-state index in [1.54, 1.807) is 0 Å². The van der Waals surface area contributed by atoms with Crippen LogP contribution >= 0.6 is 0 Å². The lowest BCUT2D eigenvalue weighted by molar-refractivity contribution is 0.0585. The Hall–Kier alpha value is -2.98. The third-order valence-electron chi connectivity index (χ3n) is 7.51. The Kier molecular flexibility index (Phi) is 9.83. The molecule has 0 heterocycles. The largest absolute Gasteiger partial charge is 0.372 e. The highest BCUT2D eigenvalue weighted by atomic mass is 16.5. The fraction of sp³-hybridized carbons (Fsp3) is 0.438. The molecule has 0 bridgehead atoms. The molecule has 0 atom stereocenters. The van der Waals surface area contributed by atoms with Crippen molar-refractivity contribution in [2.75, 3.05) is 61.1 Å². The third kappa shape index (κ3) is 5.39. The standard InChI is InChI=1S/C32H45N3O/c1-8-33(9-2)29-20-14-26(15-21-29)32(36-7,27-16-22-30(23-17-27)34(10-3)11-4)28-18-24-31(25-19-28)35(12-5)13-6/h14-25H,8-13H2,1-7H3. The van der Waals surface area contributed by atoms with Gasteiger partial charge in [-0.05, 0) is 94.6 Å². The molecule has 4 nitrogen and oxygen atoms in total. The van der Waals surface area contributed by atoms with Crippen LogP contribution in [-0.4, -0.2) is 46.4 Å². The Bertz CT molecular complexity index is 898. The smallest absolute Gasteiger partial charge is 0.143 e. The minimum Gasteiger partial charge on any atom is -0.372 e. The first-order chi connectivity index (χ1) is 17.5. The van der Waals surface area contributed by atoms with E-state index in [1.165, 1.54) is 17.1 Å². The zero-order valence-corrected chi connectivity index (χ0v) is 23.4. The first-order valence-corrected chi connectivity index (χ1v) is 13.6. The van der Waals surface area contributed by atoms with Crippen molar-refractivity contribution < 1.29 is 4.74 Å². The Morgan fingerprint density at radius 2 is 0.667 bits per heavy atom. The van der Waals surface area contributed by atoms with Crippen LogP contribution in [-0.2, 0) is 10.3 Å². The summed E-state index contributed by atoms with van der Waals surface area (Å²) in [5.74, 6) is 0. The van der Waals surface area contributed by atoms with Gasteiger partial charge < -0.3 is 19.4 Å². The minimum atomic E-state index is -0.703. The molecule has 3 rings (SSSR count). The summed E-state index contributed by atoms with van der Waals surface area (Å²) in [6.45, 7) is 19.1. The molecule has 36 heavy (non-hydrogen) atoms. The van der Waals surface area contributed by atoms with Gasteiger partial charge in [-0.3, -0.25) is 0 Å². The van der Waals surface area contributed by atoms with Crippen LogP contribution in [0.3, 0.4) is 0 Å². The molecule has 0 fully saturated rings. The zero-order chi connectivity index (χ0) is 26.1. The number of nitrogens with zero attached hydrogens (tertiary/aromatic N) is 3. The van der Waals surface area contributed by atoms with Crippen LogP contribution in [0.1, 0.15) is 58.2 Å². The molecule has 0 radical (unpaired) electrons. The maximum atomic E-state index is 6.51. The maximum Gasteiger partial charge on any atom is 0.143 e. The Morgan fingerprint density at radius 1 is 0.444 bits per heavy atom. The summed E-state index contributed by atoms with van der Waals surface area (Å²) < 4.78 is 6.51. The molecule has 0 amide bonds. The predicted molar refractivity (Wildman–Crippen MR) is 157 cm³/mol. The summed E-state index contributed by atoms with van der Waals surface area (Å²) in [5.41, 5.74) is 6.41. The fourth-order valence-corrected chi connectivity index (χ4v) is 5.34. The number of methoxy groups -OCH3 is 1. The average molecular weight is 488 g/mol. The van der Waals surface area contributed by atoms with E-state index >= 15 is 0 Å². The molecule has 0 aliphatic heterocycles. The van der Waals surface area contributed by atoms with E-state index in [9.17, 15) is 0 Å². The summed E-state index contributed by atoms with van der Waals surface area (Å²) in [7, 11) is 1.83. The van der Waals surface area contributed by atoms with E-state index < -0.39 is 5.60 Å². The second-order valence-electron chi connectivity index (χ2n) is 9.04. The molecule has 0 aromatic heterocycles. The lowest BCUT2D eigenvalue weighted by Crippen LogP contribution is -2.32. The Morgan fingerprint density at radius 3 is 0.833 bits per heavy atom. The first kappa shape index (κ1) is 27.6. The fourth-order valence-electron chi connectivity index (χ4n) is 5.34. The quantitative estimate of drug-likeness (QED) is 0.238. The van der Waals surface area contributed by atoms with E-state index in [2.05, 4.69) is 129 Å². The Balaban J connectivity index is 2.16. The van der Waals surface area contributed by atoms with E-state index in [1.807, 2.05) is 7.11 Å². The maximum absolute atomic E-state index is 6.51. The van der Waals surface area contributed by atoms with Crippen molar-refractivity contribution in [3.05, 3.63) is 89.5 Å². The number of hydrogen-bond acceptors (Lipinski definition) is 4. The van der Waals surface area contributed by atoms with E-state index in [-0.39, 0.29) is 0 Å². The molecule has 0 spiro atoms. The van der Waals surface area contributed by atoms with Gasteiger partial charge in [0.2, 0.25) is 0 Å². The van der Waals surface area contributed by atoms with Crippen LogP contribution < -0.4 is 14.7 Å². The van der Waals surface area contributed by atoms with Gasteiger partial charge in [-0.1, -0.05) is 36.4 Å². The molecule has 3 aromatic rings. The number of benzene rings is 3. The molecule has 0 aliphatic carbocycles. The lowest BCUT2D eigenvalue weighted by atomic mass is 9.79. The molecule has 0 aliphatic rings. The van der Waals surface area contributed by atoms with Crippen LogP contribution in [0, 0.1) is 0 Å². The van der Waals surface area contributed by atoms with Crippen molar-refractivity contribution in [3.8, 4) is 0 Å². The van der Waals surface area contributed by atoms with Crippen LogP contribution in [0.25, 0.3) is 0 Å². The molecule has 0 saturated heterocycles. The second-order valence-corrected chi connectivity index (χ2v) is 9.04. The molecule has 0 saturated carbocycles. The summed E-state index contributed by atoms with van der Waals surface area (Å²) in [6.07, 6.45) is 0. The molecule has 0 N–H and O–H groups in total. The van der Waals surface area contributed by atoms with Gasteiger partial charge in [0.25, 0.3) is 0 Å². The number of ether oxygens (including phenoxy) is 1. The van der Waals surface area contributed by atoms with Gasteiger partial charge in [0.05, 0.1) is 0 Å². The van der Waals surface area contributed by atoms with Crippen LogP contribution in [0.2, 0.25) is 0 Å². The topological polar surface area (TPSA) is 19.0 Å². The number of anilines is 3. The summed E-state index contributed by atoms with van der Waals surface area (Å²) in [6, 6.07) is 26.7. The van der Waals surface area contributed by atoms with Crippen LogP contribution in [0.15, 0.2) is 72.8 Å². The van der Waals surface area contributed by atoms with Crippen LogP contribution in [0.4, 0.5) is 17.1 Å². The van der Waals surface area contributed by atoms with E-state index in [0.717, 1.165) is 56.0 Å². The molecular weight excluding hydrogens is 442 g/mol. The Labute approximate surface area is 219 Å². The highest BCUT2D eigenvalue weighted by molar-refractivity contribution is 5.58. The van der Waals surface area contributed by atoms with Gasteiger partial charge in [0.15, 0.2) is 0 Å². The first-order valence-electron chi connectivity index (χ1n) is 13.6. The van der Waals surface area contributed by atoms with Crippen molar-refractivity contribution in [2.24, 2.45) is 0 Å². The van der Waals surface area contributed by atoms with Gasteiger partial charge >= 0.3 is 0 Å². The lowest BCUT2D eigenvalue weighted by Gasteiger charge is -2.36. The third-order valence-corrected chi connectivity index (χ3v) is 7.51. The zero-order valence-electron chi connectivity index (χ0n) is 23.4. The summed E-state index contributed by atoms with van der Waals surface area (Å²) in [4.78, 5) is 7.11. The highest BCUT2D eigenvalue weighted by Crippen LogP contribution is 2.41. The van der Waals surface area contributed by atoms with Crippen molar-refractivity contribution >= 4 is 17.1 Å². The van der Waals surface area contributed by atoms with Gasteiger partial charge in [-0.25, -0.2) is 0 Å². The molecule has 4 heteroatoms. The van der Waals surface area contributed by atoms with E-state index in [4.69, 9.17) is 4.74 Å². The summed E-state index contributed by atoms with van der Waals surface area (Å²) in [5, 5.41) is 0. The van der Waals surface area contributed by atoms with Crippen molar-refractivity contribution in [3.63, 3.8) is 0 Å². The molecule has 3 aromatic carbocycles. The molecular formula is C32H45N3O. The van der Waals surface area contributed by atoms with Gasteiger partial charge in [-0.15, -0.1) is 0 Å². The predicted octanol–water partition coefficient (Wildman–Crippen LogP) is 7.16. The minimum absolute atomic E-state index is 0.703. The number of rotatable bonds is 13. The van der Waals surface area contributed by atoms with Crippen molar-refractivity contribution in [1.82, 2.24) is 0 Å². The summed E-state index contributed by atoms with van der Waals surface area (Å²) >= 11 is 0.